The molecule has 18 heteroatoms. The highest BCUT2D eigenvalue weighted by atomic mass is 80.9. The molecule has 4 aromatic heterocycles. The summed E-state index contributed by atoms with van der Waals surface area (Å²) in [5, 5.41) is 21.1. The molecular formula is C41H36Br4F4O6S4. The van der Waals surface area contributed by atoms with E-state index >= 15 is 0 Å². The first-order valence-electron chi connectivity index (χ1n) is 16.7. The van der Waals surface area contributed by atoms with Crippen molar-refractivity contribution >= 4 is 152 Å². The molecule has 59 heavy (non-hydrogen) atoms. The molecule has 0 aliphatic rings. The first kappa shape index (κ1) is 51.0. The molecule has 0 saturated carbocycles. The van der Waals surface area contributed by atoms with Gasteiger partial charge in [0.2, 0.25) is 0 Å². The van der Waals surface area contributed by atoms with Crippen LogP contribution in [0.1, 0.15) is 38.7 Å². The minimum atomic E-state index is -0.391. The number of esters is 1. The number of methoxy groups -OCH3 is 1. The lowest BCUT2D eigenvalue weighted by Gasteiger charge is -2.00. The largest absolute Gasteiger partial charge is 0.462 e. The molecule has 0 atom stereocenters. The number of halogens is 8. The maximum absolute atomic E-state index is 13.5. The van der Waals surface area contributed by atoms with Crippen molar-refractivity contribution in [2.75, 3.05) is 20.5 Å². The van der Waals surface area contributed by atoms with E-state index in [1.807, 2.05) is 24.3 Å². The van der Waals surface area contributed by atoms with Crippen molar-refractivity contribution in [1.29, 1.82) is 0 Å². The third-order valence-corrected chi connectivity index (χ3v) is 14.6. The number of thiophene rings is 4. The van der Waals surface area contributed by atoms with Crippen LogP contribution in [0.2, 0.25) is 0 Å². The summed E-state index contributed by atoms with van der Waals surface area (Å²) in [4.78, 5) is 14.4. The SMILES string of the molecule is BrBr.C.CCOC(=O)c1cc2cccc(F)c2s1.COCOCc1sc2c(F)cccc2c1Br.OCc1cc2cccc(F)c2s1.OCc1sc2c(F)cccc2c1Br. The lowest BCUT2D eigenvalue weighted by molar-refractivity contribution is -0.0383. The van der Waals surface area contributed by atoms with Crippen molar-refractivity contribution in [2.45, 2.75) is 34.2 Å². The number of hydrogen-bond acceptors (Lipinski definition) is 10. The lowest BCUT2D eigenvalue weighted by Crippen LogP contribution is -2.01. The average molecular weight is 1150 g/mol. The number of carbonyl (C=O) groups excluding carboxylic acids is 1. The number of benzene rings is 4. The minimum Gasteiger partial charge on any atom is -0.462 e. The standard InChI is InChI=1S/C11H10BrFO2S.C11H9FO2S.C9H6BrFOS.C9H7FOS.CH4.Br2/c1-14-6-15-5-9-10(12)7-3-2-4-8(13)11(7)16-9;1-2-14-11(13)9-6-7-4-3-5-8(12)10(7)15-9;10-8-5-2-1-3-6(11)9(5)13-7(8)4-12;10-8-3-1-2-6-4-7(5-11)12-9(6)8;;1-2/h2-4H,5-6H2,1H3;3-6H,2H2,1H3;1-3,12H,4H2;1-4,11H,5H2;1H4;. The van der Waals surface area contributed by atoms with Crippen molar-refractivity contribution in [2.24, 2.45) is 0 Å². The highest BCUT2D eigenvalue weighted by Gasteiger charge is 2.14. The van der Waals surface area contributed by atoms with Gasteiger partial charge in [-0.1, -0.05) is 56.0 Å². The number of aliphatic hydroxyl groups is 2. The summed E-state index contributed by atoms with van der Waals surface area (Å²) in [6.45, 7) is 2.66. The molecule has 8 aromatic rings. The van der Waals surface area contributed by atoms with E-state index in [1.54, 1.807) is 50.4 Å². The number of carbonyl (C=O) groups is 1. The molecule has 8 rings (SSSR count). The predicted molar refractivity (Wildman–Crippen MR) is 252 cm³/mol. The second-order valence-electron chi connectivity index (χ2n) is 11.3. The van der Waals surface area contributed by atoms with E-state index in [1.165, 1.54) is 58.3 Å². The Bertz CT molecular complexity index is 2580. The van der Waals surface area contributed by atoms with Gasteiger partial charge in [0.1, 0.15) is 34.9 Å². The van der Waals surface area contributed by atoms with E-state index in [0.29, 0.717) is 36.9 Å². The molecule has 4 aromatic carbocycles. The molecular weight excluding hydrogens is 1110 g/mol. The van der Waals surface area contributed by atoms with Crippen LogP contribution in [-0.4, -0.2) is 36.7 Å². The Labute approximate surface area is 386 Å². The molecule has 0 bridgehead atoms. The molecule has 0 aliphatic heterocycles. The minimum absolute atomic E-state index is 0. The fraction of sp³-hybridized carbons (Fsp3) is 0.195. The van der Waals surface area contributed by atoms with Crippen LogP contribution in [0.3, 0.4) is 0 Å². The number of fused-ring (bicyclic) bond motifs is 4. The van der Waals surface area contributed by atoms with Crippen molar-refractivity contribution in [1.82, 2.24) is 0 Å². The highest BCUT2D eigenvalue weighted by Crippen LogP contribution is 2.38. The van der Waals surface area contributed by atoms with Gasteiger partial charge in [-0.2, -0.15) is 0 Å². The Morgan fingerprint density at radius 1 is 0.661 bits per heavy atom. The van der Waals surface area contributed by atoms with Gasteiger partial charge in [0.25, 0.3) is 0 Å². The van der Waals surface area contributed by atoms with Crippen LogP contribution in [-0.2, 0) is 34.0 Å². The fourth-order valence-electron chi connectivity index (χ4n) is 5.11. The molecule has 0 spiro atoms. The third kappa shape index (κ3) is 13.3. The van der Waals surface area contributed by atoms with Gasteiger partial charge in [-0.15, -0.1) is 45.3 Å². The first-order chi connectivity index (χ1) is 28.0. The molecule has 0 aliphatic carbocycles. The van der Waals surface area contributed by atoms with Gasteiger partial charge in [-0.3, -0.25) is 0 Å². The maximum Gasteiger partial charge on any atom is 0.348 e. The van der Waals surface area contributed by atoms with Crippen LogP contribution in [0.15, 0.2) is 93.9 Å². The van der Waals surface area contributed by atoms with Crippen LogP contribution in [0.5, 0.6) is 0 Å². The van der Waals surface area contributed by atoms with Gasteiger partial charge < -0.3 is 24.4 Å². The number of aliphatic hydroxyl groups excluding tert-OH is 2. The van der Waals surface area contributed by atoms with Gasteiger partial charge in [-0.25, -0.2) is 22.4 Å². The van der Waals surface area contributed by atoms with E-state index in [-0.39, 0.29) is 50.7 Å². The molecule has 4 heterocycles. The number of hydrogen-bond donors (Lipinski definition) is 2. The smallest absolute Gasteiger partial charge is 0.348 e. The van der Waals surface area contributed by atoms with Crippen LogP contribution in [0.25, 0.3) is 40.3 Å². The second-order valence-corrected chi connectivity index (χ2v) is 17.3. The highest BCUT2D eigenvalue weighted by molar-refractivity contribution is 9.93. The summed E-state index contributed by atoms with van der Waals surface area (Å²) in [5.74, 6) is -1.33. The summed E-state index contributed by atoms with van der Waals surface area (Å²) in [6, 6.07) is 23.2. The van der Waals surface area contributed by atoms with E-state index < -0.39 is 5.97 Å². The molecule has 0 radical (unpaired) electrons. The number of rotatable bonds is 8. The Morgan fingerprint density at radius 3 is 1.59 bits per heavy atom. The number of ether oxygens (including phenoxy) is 3. The van der Waals surface area contributed by atoms with E-state index in [2.05, 4.69) is 60.1 Å². The summed E-state index contributed by atoms with van der Waals surface area (Å²) in [5.41, 5.74) is 0. The summed E-state index contributed by atoms with van der Waals surface area (Å²) < 4.78 is 72.1. The molecule has 0 saturated heterocycles. The van der Waals surface area contributed by atoms with E-state index in [4.69, 9.17) is 24.4 Å². The van der Waals surface area contributed by atoms with Crippen molar-refractivity contribution in [3.63, 3.8) is 0 Å². The van der Waals surface area contributed by atoms with Crippen LogP contribution < -0.4 is 0 Å². The van der Waals surface area contributed by atoms with Crippen LogP contribution >= 0.6 is 105 Å². The summed E-state index contributed by atoms with van der Waals surface area (Å²) in [6.07, 6.45) is 0. The van der Waals surface area contributed by atoms with Gasteiger partial charge in [0, 0.05) is 69.7 Å². The molecule has 6 nitrogen and oxygen atoms in total. The molecule has 2 N–H and O–H groups in total. The zero-order valence-electron chi connectivity index (χ0n) is 30.3. The first-order valence-corrected chi connectivity index (χ1v) is 25.2. The van der Waals surface area contributed by atoms with Crippen molar-refractivity contribution in [3.8, 4) is 0 Å². The molecule has 0 unspecified atom stereocenters. The van der Waals surface area contributed by atoms with E-state index in [9.17, 15) is 22.4 Å². The zero-order chi connectivity index (χ0) is 42.4. The van der Waals surface area contributed by atoms with Crippen LogP contribution in [0.4, 0.5) is 17.6 Å². The Morgan fingerprint density at radius 2 is 1.14 bits per heavy atom. The monoisotopic (exact) mass is 1140 g/mol. The lowest BCUT2D eigenvalue weighted by atomic mass is 10.2. The average Bonchev–Trinajstić information content (AvgIpc) is 4.02. The van der Waals surface area contributed by atoms with Gasteiger partial charge in [0.15, 0.2) is 0 Å². The van der Waals surface area contributed by atoms with Gasteiger partial charge in [0.05, 0.1) is 45.2 Å². The van der Waals surface area contributed by atoms with Crippen molar-refractivity contribution in [3.05, 3.63) is 137 Å². The van der Waals surface area contributed by atoms with E-state index in [0.717, 1.165) is 56.5 Å². The third-order valence-electron chi connectivity index (χ3n) is 7.60. The summed E-state index contributed by atoms with van der Waals surface area (Å²) in [7, 11) is 1.57. The normalized spacial score (nSPS) is 10.4. The molecule has 316 valence electrons. The molecule has 0 fully saturated rings. The fourth-order valence-corrected chi connectivity index (χ4v) is 10.6. The van der Waals surface area contributed by atoms with Gasteiger partial charge >= 0.3 is 5.97 Å². The van der Waals surface area contributed by atoms with Crippen LogP contribution in [0, 0.1) is 23.3 Å². The maximum atomic E-state index is 13.5. The zero-order valence-corrected chi connectivity index (χ0v) is 39.9. The quantitative estimate of drug-likeness (QED) is 0.0682. The Kier molecular flexibility index (Phi) is 22.1. The molecule has 0 amide bonds. The van der Waals surface area contributed by atoms with Gasteiger partial charge in [-0.05, 0) is 86.0 Å². The Hall–Kier alpha value is -2.33. The van der Waals surface area contributed by atoms with Crippen molar-refractivity contribution < 1.29 is 46.8 Å². The topological polar surface area (TPSA) is 85.2 Å². The predicted octanol–water partition coefficient (Wildman–Crippen LogP) is 15.3. The second kappa shape index (κ2) is 25.6. The Balaban J connectivity index is 0.000000207. The summed E-state index contributed by atoms with van der Waals surface area (Å²) >= 11 is 17.4.